The van der Waals surface area contributed by atoms with E-state index in [0.29, 0.717) is 11.6 Å². The van der Waals surface area contributed by atoms with Gasteiger partial charge in [-0.2, -0.15) is 11.8 Å². The molecule has 2 nitrogen and oxygen atoms in total. The fraction of sp³-hybridized carbons (Fsp3) is 1.00. The topological polar surface area (TPSA) is 15.3 Å². The highest BCUT2D eigenvalue weighted by atomic mass is 32.2. The van der Waals surface area contributed by atoms with Crippen LogP contribution in [0.1, 0.15) is 40.5 Å². The van der Waals surface area contributed by atoms with Gasteiger partial charge in [-0.1, -0.05) is 13.8 Å². The predicted octanol–water partition coefficient (Wildman–Crippen LogP) is 2.59. The second kappa shape index (κ2) is 6.27. The van der Waals surface area contributed by atoms with Crippen molar-refractivity contribution >= 4 is 11.8 Å². The smallest absolute Gasteiger partial charge is 0.0278 e. The van der Waals surface area contributed by atoms with E-state index in [1.807, 2.05) is 11.8 Å². The van der Waals surface area contributed by atoms with Gasteiger partial charge in [-0.3, -0.25) is 4.90 Å². The van der Waals surface area contributed by atoms with Crippen molar-refractivity contribution in [2.75, 3.05) is 25.9 Å². The van der Waals surface area contributed by atoms with Gasteiger partial charge in [0.1, 0.15) is 0 Å². The Kier molecular flexibility index (Phi) is 5.62. The highest BCUT2D eigenvalue weighted by Gasteiger charge is 2.32. The van der Waals surface area contributed by atoms with Crippen LogP contribution in [0, 0.1) is 0 Å². The highest BCUT2D eigenvalue weighted by Crippen LogP contribution is 2.20. The number of nitrogens with one attached hydrogen (secondary N) is 1. The minimum Gasteiger partial charge on any atom is -0.309 e. The number of nitrogens with zero attached hydrogens (tertiary/aromatic N) is 1. The van der Waals surface area contributed by atoms with Gasteiger partial charge >= 0.3 is 0 Å². The van der Waals surface area contributed by atoms with Crippen LogP contribution in [0.3, 0.4) is 0 Å². The predicted molar refractivity (Wildman–Crippen MR) is 75.3 cm³/mol. The summed E-state index contributed by atoms with van der Waals surface area (Å²) >= 11 is 1.98. The van der Waals surface area contributed by atoms with E-state index < -0.39 is 0 Å². The quantitative estimate of drug-likeness (QED) is 0.800. The Morgan fingerprint density at radius 3 is 2.81 bits per heavy atom. The average molecular weight is 244 g/mol. The van der Waals surface area contributed by atoms with Crippen LogP contribution in [-0.2, 0) is 0 Å². The van der Waals surface area contributed by atoms with Crippen molar-refractivity contribution < 1.29 is 0 Å². The minimum absolute atomic E-state index is 0.328. The summed E-state index contributed by atoms with van der Waals surface area (Å²) < 4.78 is 0. The van der Waals surface area contributed by atoms with E-state index in [1.165, 1.54) is 25.9 Å². The van der Waals surface area contributed by atoms with Crippen molar-refractivity contribution in [3.05, 3.63) is 0 Å². The van der Waals surface area contributed by atoms with Gasteiger partial charge in [-0.05, 0) is 39.5 Å². The molecule has 1 heterocycles. The van der Waals surface area contributed by atoms with Crippen molar-refractivity contribution in [2.24, 2.45) is 0 Å². The molecule has 0 saturated carbocycles. The molecule has 0 aliphatic carbocycles. The fourth-order valence-corrected chi connectivity index (χ4v) is 2.53. The molecule has 0 bridgehead atoms. The number of hydrogen-bond acceptors (Lipinski definition) is 3. The molecule has 0 aromatic rings. The molecule has 3 heteroatoms. The van der Waals surface area contributed by atoms with E-state index in [-0.39, 0.29) is 0 Å². The highest BCUT2D eigenvalue weighted by molar-refractivity contribution is 7.99. The Balaban J connectivity index is 2.44. The molecule has 16 heavy (non-hydrogen) atoms. The van der Waals surface area contributed by atoms with Gasteiger partial charge in [0.15, 0.2) is 0 Å². The lowest BCUT2D eigenvalue weighted by molar-refractivity contribution is 0.0923. The summed E-state index contributed by atoms with van der Waals surface area (Å²) in [4.78, 5) is 2.66. The third-order valence-corrected chi connectivity index (χ3v) is 5.05. The molecule has 0 radical (unpaired) electrons. The lowest BCUT2D eigenvalue weighted by Gasteiger charge is -2.45. The van der Waals surface area contributed by atoms with Gasteiger partial charge < -0.3 is 5.32 Å². The van der Waals surface area contributed by atoms with Gasteiger partial charge in [-0.25, -0.2) is 0 Å². The molecule has 0 aromatic heterocycles. The molecule has 1 rings (SSSR count). The summed E-state index contributed by atoms with van der Waals surface area (Å²) in [6, 6.07) is 0.689. The first-order chi connectivity index (χ1) is 7.50. The second-order valence-corrected chi connectivity index (χ2v) is 6.73. The van der Waals surface area contributed by atoms with Crippen LogP contribution in [0.5, 0.6) is 0 Å². The first-order valence-electron chi connectivity index (χ1n) is 6.52. The van der Waals surface area contributed by atoms with Gasteiger partial charge in [-0.15, -0.1) is 0 Å². The molecule has 1 aliphatic heterocycles. The third-order valence-electron chi connectivity index (χ3n) is 4.01. The van der Waals surface area contributed by atoms with Gasteiger partial charge in [0.05, 0.1) is 0 Å². The van der Waals surface area contributed by atoms with Gasteiger partial charge in [0.2, 0.25) is 0 Å². The first-order valence-corrected chi connectivity index (χ1v) is 7.81. The van der Waals surface area contributed by atoms with E-state index in [0.717, 1.165) is 11.8 Å². The molecule has 1 fully saturated rings. The van der Waals surface area contributed by atoms with Crippen LogP contribution < -0.4 is 5.32 Å². The third kappa shape index (κ3) is 3.94. The Bertz CT molecular complexity index is 210. The maximum absolute atomic E-state index is 3.68. The summed E-state index contributed by atoms with van der Waals surface area (Å²) in [5, 5.41) is 4.47. The second-order valence-electron chi connectivity index (χ2n) is 5.45. The SMILES string of the molecule is CCC1(C)CN(CCC(C)SC)C(C)CN1. The Hall–Kier alpha value is 0.270. The summed E-state index contributed by atoms with van der Waals surface area (Å²) in [5.41, 5.74) is 0.328. The van der Waals surface area contributed by atoms with Crippen molar-refractivity contribution in [1.82, 2.24) is 10.2 Å². The van der Waals surface area contributed by atoms with Crippen molar-refractivity contribution in [1.29, 1.82) is 0 Å². The molecule has 1 aliphatic rings. The van der Waals surface area contributed by atoms with Crippen LogP contribution in [0.2, 0.25) is 0 Å². The van der Waals surface area contributed by atoms with Gasteiger partial charge in [0.25, 0.3) is 0 Å². The zero-order valence-corrected chi connectivity index (χ0v) is 12.4. The number of piperazine rings is 1. The zero-order chi connectivity index (χ0) is 12.2. The summed E-state index contributed by atoms with van der Waals surface area (Å²) in [6.45, 7) is 12.9. The van der Waals surface area contributed by atoms with Crippen molar-refractivity contribution in [3.63, 3.8) is 0 Å². The van der Waals surface area contributed by atoms with Crippen molar-refractivity contribution in [2.45, 2.75) is 57.4 Å². The van der Waals surface area contributed by atoms with Crippen molar-refractivity contribution in [3.8, 4) is 0 Å². The summed E-state index contributed by atoms with van der Waals surface area (Å²) in [5.74, 6) is 0. The number of hydrogen-bond donors (Lipinski definition) is 1. The van der Waals surface area contributed by atoms with Crippen LogP contribution in [0.25, 0.3) is 0 Å². The molecule has 96 valence electrons. The minimum atomic E-state index is 0.328. The Morgan fingerprint density at radius 1 is 1.56 bits per heavy atom. The molecule has 0 aromatic carbocycles. The van der Waals surface area contributed by atoms with Gasteiger partial charge in [0, 0.05) is 29.9 Å². The lowest BCUT2D eigenvalue weighted by Crippen LogP contribution is -2.62. The maximum Gasteiger partial charge on any atom is 0.0278 e. The van der Waals surface area contributed by atoms with E-state index in [2.05, 4.69) is 44.2 Å². The largest absolute Gasteiger partial charge is 0.309 e. The first kappa shape index (κ1) is 14.3. The Labute approximate surface area is 106 Å². The zero-order valence-electron chi connectivity index (χ0n) is 11.5. The molecular formula is C13H28N2S. The summed E-state index contributed by atoms with van der Waals surface area (Å²) in [7, 11) is 0. The lowest BCUT2D eigenvalue weighted by atomic mass is 9.93. The monoisotopic (exact) mass is 244 g/mol. The van der Waals surface area contributed by atoms with Crippen LogP contribution >= 0.6 is 11.8 Å². The normalized spacial score (nSPS) is 33.9. The van der Waals surface area contributed by atoms with E-state index in [9.17, 15) is 0 Å². The number of thioether (sulfide) groups is 1. The number of rotatable bonds is 5. The molecule has 0 spiro atoms. The fourth-order valence-electron chi connectivity index (χ4n) is 2.18. The maximum atomic E-state index is 3.68. The van der Waals surface area contributed by atoms with E-state index in [4.69, 9.17) is 0 Å². The molecule has 3 atom stereocenters. The van der Waals surface area contributed by atoms with E-state index >= 15 is 0 Å². The standard InChI is InChI=1S/C13H28N2S/c1-6-13(4)10-15(11(2)9-14-13)8-7-12(3)16-5/h11-12,14H,6-10H2,1-5H3. The van der Waals surface area contributed by atoms with Crippen LogP contribution in [0.4, 0.5) is 0 Å². The van der Waals surface area contributed by atoms with Crippen LogP contribution in [0.15, 0.2) is 0 Å². The Morgan fingerprint density at radius 2 is 2.25 bits per heavy atom. The average Bonchev–Trinajstić information content (AvgIpc) is 2.30. The molecule has 1 saturated heterocycles. The molecule has 3 unspecified atom stereocenters. The molecule has 0 amide bonds. The molecular weight excluding hydrogens is 216 g/mol. The van der Waals surface area contributed by atoms with Crippen LogP contribution in [-0.4, -0.2) is 47.6 Å². The molecule has 1 N–H and O–H groups in total. The van der Waals surface area contributed by atoms with E-state index in [1.54, 1.807) is 0 Å². The summed E-state index contributed by atoms with van der Waals surface area (Å²) in [6.07, 6.45) is 4.74.